The van der Waals surface area contributed by atoms with E-state index in [4.69, 9.17) is 9.47 Å². The Bertz CT molecular complexity index is 534. The average Bonchev–Trinajstić information content (AvgIpc) is 2.48. The van der Waals surface area contributed by atoms with Gasteiger partial charge < -0.3 is 9.47 Å². The minimum atomic E-state index is -0.663. The molecule has 5 heteroatoms. The molecule has 1 aromatic carbocycles. The number of hydrogen-bond donors (Lipinski definition) is 0. The molecule has 24 heavy (non-hydrogen) atoms. The van der Waals surface area contributed by atoms with E-state index in [1.54, 1.807) is 27.8 Å². The van der Waals surface area contributed by atoms with E-state index < -0.39 is 23.7 Å². The molecule has 0 bridgehead atoms. The number of carbonyl (C=O) groups is 2. The largest absolute Gasteiger partial charge is 0.459 e. The average molecular weight is 335 g/mol. The lowest BCUT2D eigenvalue weighted by atomic mass is 10.0. The molecule has 0 heterocycles. The molecule has 0 aliphatic heterocycles. The van der Waals surface area contributed by atoms with Crippen molar-refractivity contribution >= 4 is 12.1 Å². The molecule has 0 saturated heterocycles. The lowest BCUT2D eigenvalue weighted by Crippen LogP contribution is -2.46. The zero-order chi connectivity index (χ0) is 18.3. The van der Waals surface area contributed by atoms with Gasteiger partial charge in [0.15, 0.2) is 0 Å². The fourth-order valence-corrected chi connectivity index (χ4v) is 2.15. The first-order valence-corrected chi connectivity index (χ1v) is 8.26. The Morgan fingerprint density at radius 1 is 1.12 bits per heavy atom. The Morgan fingerprint density at radius 2 is 1.71 bits per heavy atom. The molecular weight excluding hydrogens is 306 g/mol. The van der Waals surface area contributed by atoms with Crippen LogP contribution in [0.4, 0.5) is 4.79 Å². The summed E-state index contributed by atoms with van der Waals surface area (Å²) in [5, 5.41) is 0. The van der Waals surface area contributed by atoms with E-state index in [-0.39, 0.29) is 12.5 Å². The summed E-state index contributed by atoms with van der Waals surface area (Å²) >= 11 is 0. The van der Waals surface area contributed by atoms with Crippen LogP contribution >= 0.6 is 0 Å². The van der Waals surface area contributed by atoms with Gasteiger partial charge in [-0.15, -0.1) is 0 Å². The number of esters is 1. The molecule has 1 aromatic rings. The van der Waals surface area contributed by atoms with Crippen molar-refractivity contribution < 1.29 is 19.1 Å². The number of carbonyl (C=O) groups excluding carboxylic acids is 2. The predicted molar refractivity (Wildman–Crippen MR) is 93.5 cm³/mol. The van der Waals surface area contributed by atoms with Crippen LogP contribution in [0.3, 0.4) is 0 Å². The summed E-state index contributed by atoms with van der Waals surface area (Å²) in [6.45, 7) is 9.58. The molecule has 0 spiro atoms. The number of amides is 1. The van der Waals surface area contributed by atoms with Gasteiger partial charge in [-0.25, -0.2) is 9.59 Å². The van der Waals surface area contributed by atoms with Crippen molar-refractivity contribution in [3.63, 3.8) is 0 Å². The molecule has 0 unspecified atom stereocenters. The lowest BCUT2D eigenvalue weighted by molar-refractivity contribution is -0.151. The molecule has 134 valence electrons. The second-order valence-electron chi connectivity index (χ2n) is 7.33. The van der Waals surface area contributed by atoms with Crippen LogP contribution in [0, 0.1) is 5.92 Å². The van der Waals surface area contributed by atoms with E-state index >= 15 is 0 Å². The van der Waals surface area contributed by atoms with Gasteiger partial charge in [0.05, 0.1) is 0 Å². The van der Waals surface area contributed by atoms with Gasteiger partial charge in [0.25, 0.3) is 0 Å². The molecular formula is C19H29NO4. The molecule has 0 saturated carbocycles. The topological polar surface area (TPSA) is 55.8 Å². The number of ether oxygens (including phenoxy) is 2. The van der Waals surface area contributed by atoms with Gasteiger partial charge in [-0.2, -0.15) is 0 Å². The fourth-order valence-electron chi connectivity index (χ4n) is 2.15. The molecule has 0 fully saturated rings. The monoisotopic (exact) mass is 335 g/mol. The van der Waals surface area contributed by atoms with Crippen LogP contribution in [0.2, 0.25) is 0 Å². The van der Waals surface area contributed by atoms with Gasteiger partial charge in [-0.3, -0.25) is 4.90 Å². The predicted octanol–water partition coefficient (Wildman–Crippen LogP) is 4.01. The van der Waals surface area contributed by atoms with E-state index in [2.05, 4.69) is 0 Å². The molecule has 0 aromatic heterocycles. The summed E-state index contributed by atoms with van der Waals surface area (Å²) in [6, 6.07) is 8.81. The maximum Gasteiger partial charge on any atom is 0.410 e. The Morgan fingerprint density at radius 3 is 2.21 bits per heavy atom. The minimum Gasteiger partial charge on any atom is -0.459 e. The van der Waals surface area contributed by atoms with Crippen LogP contribution in [-0.2, 0) is 20.9 Å². The Kier molecular flexibility index (Phi) is 7.26. The van der Waals surface area contributed by atoms with Crippen molar-refractivity contribution in [3.8, 4) is 0 Å². The van der Waals surface area contributed by atoms with E-state index in [1.165, 1.54) is 4.90 Å². The summed E-state index contributed by atoms with van der Waals surface area (Å²) in [7, 11) is 1.57. The Hall–Kier alpha value is -2.04. The fraction of sp³-hybridized carbons (Fsp3) is 0.579. The highest BCUT2D eigenvalue weighted by Gasteiger charge is 2.31. The first-order valence-electron chi connectivity index (χ1n) is 8.26. The van der Waals surface area contributed by atoms with Gasteiger partial charge in [-0.05, 0) is 38.7 Å². The molecule has 0 aliphatic carbocycles. The van der Waals surface area contributed by atoms with Crippen molar-refractivity contribution in [3.05, 3.63) is 35.9 Å². The van der Waals surface area contributed by atoms with E-state index in [0.717, 1.165) is 5.56 Å². The van der Waals surface area contributed by atoms with Crippen molar-refractivity contribution in [2.24, 2.45) is 5.92 Å². The quantitative estimate of drug-likeness (QED) is 0.737. The summed E-state index contributed by atoms with van der Waals surface area (Å²) in [4.78, 5) is 26.1. The van der Waals surface area contributed by atoms with E-state index in [1.807, 2.05) is 44.2 Å². The van der Waals surface area contributed by atoms with Crippen LogP contribution < -0.4 is 0 Å². The maximum absolute atomic E-state index is 12.5. The highest BCUT2D eigenvalue weighted by atomic mass is 16.6. The first-order chi connectivity index (χ1) is 11.1. The van der Waals surface area contributed by atoms with Crippen LogP contribution in [0.25, 0.3) is 0 Å². The van der Waals surface area contributed by atoms with Crippen molar-refractivity contribution in [1.82, 2.24) is 4.90 Å². The standard InChI is InChI=1S/C19H29NO4/c1-14(2)12-16(20(6)18(22)24-19(3,4)5)17(21)23-13-15-10-8-7-9-11-15/h7-11,14,16H,12-13H2,1-6H3/t16-/m1/s1. The highest BCUT2D eigenvalue weighted by molar-refractivity contribution is 5.81. The van der Waals surface area contributed by atoms with Gasteiger partial charge in [-0.1, -0.05) is 44.2 Å². The van der Waals surface area contributed by atoms with Crippen LogP contribution in [0.15, 0.2) is 30.3 Å². The zero-order valence-electron chi connectivity index (χ0n) is 15.5. The number of benzene rings is 1. The maximum atomic E-state index is 12.5. The summed E-state index contributed by atoms with van der Waals surface area (Å²) in [5.74, 6) is -0.176. The molecule has 1 amide bonds. The normalized spacial score (nSPS) is 12.6. The molecule has 1 rings (SSSR count). The molecule has 0 aliphatic rings. The third-order valence-corrected chi connectivity index (χ3v) is 3.34. The zero-order valence-corrected chi connectivity index (χ0v) is 15.5. The van der Waals surface area contributed by atoms with Gasteiger partial charge in [0.1, 0.15) is 18.2 Å². The highest BCUT2D eigenvalue weighted by Crippen LogP contribution is 2.17. The second-order valence-corrected chi connectivity index (χ2v) is 7.33. The van der Waals surface area contributed by atoms with Gasteiger partial charge >= 0.3 is 12.1 Å². The first kappa shape index (κ1) is 20.0. The van der Waals surface area contributed by atoms with Crippen LogP contribution in [0.1, 0.15) is 46.6 Å². The summed E-state index contributed by atoms with van der Waals surface area (Å²) < 4.78 is 10.8. The van der Waals surface area contributed by atoms with Gasteiger partial charge in [0.2, 0.25) is 0 Å². The summed E-state index contributed by atoms with van der Waals surface area (Å²) in [5.41, 5.74) is 0.302. The van der Waals surface area contributed by atoms with Gasteiger partial charge in [0, 0.05) is 7.05 Å². The number of nitrogens with zero attached hydrogens (tertiary/aromatic N) is 1. The molecule has 0 radical (unpaired) electrons. The van der Waals surface area contributed by atoms with E-state index in [9.17, 15) is 9.59 Å². The molecule has 5 nitrogen and oxygen atoms in total. The minimum absolute atomic E-state index is 0.191. The SMILES string of the molecule is CC(C)C[C@H](C(=O)OCc1ccccc1)N(C)C(=O)OC(C)(C)C. The number of hydrogen-bond acceptors (Lipinski definition) is 4. The molecule has 0 N–H and O–H groups in total. The lowest BCUT2D eigenvalue weighted by Gasteiger charge is -2.30. The van der Waals surface area contributed by atoms with Crippen LogP contribution in [0.5, 0.6) is 0 Å². The smallest absolute Gasteiger partial charge is 0.410 e. The number of likely N-dealkylation sites (N-methyl/N-ethyl adjacent to an activating group) is 1. The van der Waals surface area contributed by atoms with Crippen molar-refractivity contribution in [1.29, 1.82) is 0 Å². The van der Waals surface area contributed by atoms with Crippen molar-refractivity contribution in [2.75, 3.05) is 7.05 Å². The number of rotatable bonds is 6. The second kappa shape index (κ2) is 8.71. The van der Waals surface area contributed by atoms with E-state index in [0.29, 0.717) is 6.42 Å². The Balaban J connectivity index is 2.75. The molecule has 1 atom stereocenters. The third-order valence-electron chi connectivity index (χ3n) is 3.34. The Labute approximate surface area is 144 Å². The third kappa shape index (κ3) is 7.02. The van der Waals surface area contributed by atoms with Crippen molar-refractivity contribution in [2.45, 2.75) is 59.3 Å². The van der Waals surface area contributed by atoms with Crippen LogP contribution in [-0.4, -0.2) is 35.7 Å². The summed E-state index contributed by atoms with van der Waals surface area (Å²) in [6.07, 6.45) is -0.00609.